The number of primary amides is 1. The highest BCUT2D eigenvalue weighted by atomic mass is 19.4. The molecule has 2 amide bonds. The zero-order valence-corrected chi connectivity index (χ0v) is 11.7. The zero-order valence-electron chi connectivity index (χ0n) is 11.7. The minimum Gasteiger partial charge on any atom is -0.369 e. The van der Waals surface area contributed by atoms with Crippen LogP contribution in [0.2, 0.25) is 0 Å². The molecule has 7 heteroatoms. The highest BCUT2D eigenvalue weighted by Gasteiger charge is 2.52. The standard InChI is InChI=1S/C14H19F3N2O2/c15-14(16,17)11-8-19(7-10(11)13(18)21)12(20)6-9-4-2-1-3-5-9/h4,10-11H,1-3,5-8H2,(H2,18,21)/t10-,11-/m1/s1. The summed E-state index contributed by atoms with van der Waals surface area (Å²) in [6.07, 6.45) is 1.45. The molecule has 0 bridgehead atoms. The van der Waals surface area contributed by atoms with E-state index in [0.29, 0.717) is 0 Å². The number of carbonyl (C=O) groups is 2. The molecule has 0 aromatic carbocycles. The van der Waals surface area contributed by atoms with Gasteiger partial charge in [0.25, 0.3) is 0 Å². The number of likely N-dealkylation sites (tertiary alicyclic amines) is 1. The van der Waals surface area contributed by atoms with Crippen LogP contribution in [0, 0.1) is 11.8 Å². The van der Waals surface area contributed by atoms with Gasteiger partial charge < -0.3 is 10.6 Å². The molecule has 1 saturated heterocycles. The molecule has 0 radical (unpaired) electrons. The summed E-state index contributed by atoms with van der Waals surface area (Å²) in [4.78, 5) is 24.4. The molecule has 0 spiro atoms. The van der Waals surface area contributed by atoms with Gasteiger partial charge in [0.15, 0.2) is 0 Å². The summed E-state index contributed by atoms with van der Waals surface area (Å²) in [5.74, 6) is -4.53. The number of rotatable bonds is 3. The molecular weight excluding hydrogens is 285 g/mol. The number of nitrogens with zero attached hydrogens (tertiary/aromatic N) is 1. The monoisotopic (exact) mass is 304 g/mol. The van der Waals surface area contributed by atoms with Gasteiger partial charge in [-0.3, -0.25) is 9.59 Å². The van der Waals surface area contributed by atoms with Crippen molar-refractivity contribution >= 4 is 11.8 Å². The van der Waals surface area contributed by atoms with E-state index in [1.807, 2.05) is 6.08 Å². The van der Waals surface area contributed by atoms with Crippen molar-refractivity contribution in [3.63, 3.8) is 0 Å². The Morgan fingerprint density at radius 3 is 2.48 bits per heavy atom. The van der Waals surface area contributed by atoms with Gasteiger partial charge in [0, 0.05) is 19.5 Å². The van der Waals surface area contributed by atoms with Crippen LogP contribution < -0.4 is 5.73 Å². The van der Waals surface area contributed by atoms with E-state index in [9.17, 15) is 22.8 Å². The fourth-order valence-corrected chi connectivity index (χ4v) is 3.00. The van der Waals surface area contributed by atoms with Crippen molar-refractivity contribution in [2.75, 3.05) is 13.1 Å². The Balaban J connectivity index is 2.02. The van der Waals surface area contributed by atoms with Gasteiger partial charge in [-0.2, -0.15) is 13.2 Å². The molecule has 2 rings (SSSR count). The van der Waals surface area contributed by atoms with E-state index in [1.165, 1.54) is 0 Å². The number of allylic oxidation sites excluding steroid dienone is 1. The summed E-state index contributed by atoms with van der Waals surface area (Å²) in [6.45, 7) is -0.700. The Morgan fingerprint density at radius 1 is 1.29 bits per heavy atom. The third-order valence-corrected chi connectivity index (χ3v) is 4.22. The summed E-state index contributed by atoms with van der Waals surface area (Å²) >= 11 is 0. The maximum absolute atomic E-state index is 12.9. The lowest BCUT2D eigenvalue weighted by molar-refractivity contribution is -0.182. The Labute approximate surface area is 121 Å². The third-order valence-electron chi connectivity index (χ3n) is 4.22. The van der Waals surface area contributed by atoms with Crippen LogP contribution in [0.5, 0.6) is 0 Å². The van der Waals surface area contributed by atoms with Crippen LogP contribution in [-0.2, 0) is 9.59 Å². The highest BCUT2D eigenvalue weighted by Crippen LogP contribution is 2.38. The van der Waals surface area contributed by atoms with Crippen molar-refractivity contribution in [1.29, 1.82) is 0 Å². The molecule has 1 heterocycles. The van der Waals surface area contributed by atoms with Crippen molar-refractivity contribution in [2.45, 2.75) is 38.3 Å². The van der Waals surface area contributed by atoms with Gasteiger partial charge in [-0.1, -0.05) is 11.6 Å². The third kappa shape index (κ3) is 3.77. The largest absolute Gasteiger partial charge is 0.394 e. The van der Waals surface area contributed by atoms with E-state index in [-0.39, 0.29) is 18.9 Å². The molecule has 4 nitrogen and oxygen atoms in total. The average molecular weight is 304 g/mol. The highest BCUT2D eigenvalue weighted by molar-refractivity contribution is 5.82. The number of hydrogen-bond donors (Lipinski definition) is 1. The van der Waals surface area contributed by atoms with Crippen molar-refractivity contribution < 1.29 is 22.8 Å². The molecule has 1 fully saturated rings. The number of amides is 2. The topological polar surface area (TPSA) is 63.4 Å². The van der Waals surface area contributed by atoms with Crippen LogP contribution in [0.3, 0.4) is 0 Å². The number of nitrogens with two attached hydrogens (primary N) is 1. The van der Waals surface area contributed by atoms with Crippen molar-refractivity contribution in [3.8, 4) is 0 Å². The first-order valence-electron chi connectivity index (χ1n) is 7.10. The van der Waals surface area contributed by atoms with Gasteiger partial charge in [-0.15, -0.1) is 0 Å². The molecule has 118 valence electrons. The summed E-state index contributed by atoms with van der Waals surface area (Å²) in [6, 6.07) is 0. The van der Waals surface area contributed by atoms with Crippen LogP contribution >= 0.6 is 0 Å². The van der Waals surface area contributed by atoms with E-state index < -0.39 is 30.5 Å². The maximum Gasteiger partial charge on any atom is 0.394 e. The molecule has 2 N–H and O–H groups in total. The van der Waals surface area contributed by atoms with Gasteiger partial charge in [0.05, 0.1) is 11.8 Å². The van der Waals surface area contributed by atoms with Crippen LogP contribution in [0.1, 0.15) is 32.1 Å². The first-order valence-corrected chi connectivity index (χ1v) is 7.10. The molecular formula is C14H19F3N2O2. The van der Waals surface area contributed by atoms with Crippen molar-refractivity contribution in [2.24, 2.45) is 17.6 Å². The molecule has 1 aliphatic carbocycles. The fraction of sp³-hybridized carbons (Fsp3) is 0.714. The second kappa shape index (κ2) is 6.07. The van der Waals surface area contributed by atoms with Crippen molar-refractivity contribution in [1.82, 2.24) is 4.90 Å². The van der Waals surface area contributed by atoms with Gasteiger partial charge in [-0.25, -0.2) is 0 Å². The number of alkyl halides is 3. The Bertz CT molecular complexity index is 460. The van der Waals surface area contributed by atoms with E-state index in [4.69, 9.17) is 5.73 Å². The summed E-state index contributed by atoms with van der Waals surface area (Å²) in [5, 5.41) is 0. The maximum atomic E-state index is 12.9. The van der Waals surface area contributed by atoms with Crippen LogP contribution in [0.4, 0.5) is 13.2 Å². The van der Waals surface area contributed by atoms with Crippen LogP contribution in [0.25, 0.3) is 0 Å². The lowest BCUT2D eigenvalue weighted by atomic mass is 9.95. The summed E-state index contributed by atoms with van der Waals surface area (Å²) < 4.78 is 38.7. The number of halogens is 3. The van der Waals surface area contributed by atoms with Gasteiger partial charge >= 0.3 is 6.18 Å². The fourth-order valence-electron chi connectivity index (χ4n) is 3.00. The molecule has 2 aliphatic rings. The zero-order chi connectivity index (χ0) is 15.6. The van der Waals surface area contributed by atoms with Crippen LogP contribution in [0.15, 0.2) is 11.6 Å². The molecule has 0 aromatic rings. The molecule has 0 unspecified atom stereocenters. The van der Waals surface area contributed by atoms with Crippen LogP contribution in [-0.4, -0.2) is 36.0 Å². The normalized spacial score (nSPS) is 26.6. The van der Waals surface area contributed by atoms with E-state index >= 15 is 0 Å². The number of hydrogen-bond acceptors (Lipinski definition) is 2. The molecule has 2 atom stereocenters. The van der Waals surface area contributed by atoms with E-state index in [0.717, 1.165) is 36.2 Å². The van der Waals surface area contributed by atoms with Gasteiger partial charge in [0.1, 0.15) is 0 Å². The van der Waals surface area contributed by atoms with Gasteiger partial charge in [-0.05, 0) is 25.7 Å². The molecule has 0 saturated carbocycles. The molecule has 1 aliphatic heterocycles. The summed E-state index contributed by atoms with van der Waals surface area (Å²) in [5.41, 5.74) is 6.03. The smallest absolute Gasteiger partial charge is 0.369 e. The Kier molecular flexibility index (Phi) is 4.58. The number of carbonyl (C=O) groups excluding carboxylic acids is 2. The summed E-state index contributed by atoms with van der Waals surface area (Å²) in [7, 11) is 0. The average Bonchev–Trinajstić information content (AvgIpc) is 2.85. The quantitative estimate of drug-likeness (QED) is 0.811. The van der Waals surface area contributed by atoms with Gasteiger partial charge in [0.2, 0.25) is 11.8 Å². The molecule has 21 heavy (non-hydrogen) atoms. The minimum absolute atomic E-state index is 0.149. The van der Waals surface area contributed by atoms with E-state index in [2.05, 4.69) is 0 Å². The first-order chi connectivity index (χ1) is 9.79. The molecule has 0 aromatic heterocycles. The second-order valence-electron chi connectivity index (χ2n) is 5.74. The Hall–Kier alpha value is -1.53. The lowest BCUT2D eigenvalue weighted by Gasteiger charge is -2.20. The van der Waals surface area contributed by atoms with E-state index in [1.54, 1.807) is 0 Å². The minimum atomic E-state index is -4.52. The second-order valence-corrected chi connectivity index (χ2v) is 5.74. The SMILES string of the molecule is NC(=O)[C@@H]1CN(C(=O)CC2=CCCCC2)C[C@H]1C(F)(F)F. The first kappa shape index (κ1) is 15.9. The van der Waals surface area contributed by atoms with Crippen molar-refractivity contribution in [3.05, 3.63) is 11.6 Å². The lowest BCUT2D eigenvalue weighted by Crippen LogP contribution is -2.37. The predicted molar refractivity (Wildman–Crippen MR) is 70.0 cm³/mol. The Morgan fingerprint density at radius 2 is 2.00 bits per heavy atom. The predicted octanol–water partition coefficient (Wildman–Crippen LogP) is 2.00.